The fourth-order valence-electron chi connectivity index (χ4n) is 0. The van der Waals surface area contributed by atoms with Gasteiger partial charge in [0.25, 0.3) is 0 Å². The summed E-state index contributed by atoms with van der Waals surface area (Å²) in [5.41, 5.74) is 0. The first-order chi connectivity index (χ1) is 1.73. The Morgan fingerprint density at radius 3 is 1.00 bits per heavy atom. The van der Waals surface area contributed by atoms with Gasteiger partial charge in [0.15, 0.2) is 0 Å². The third kappa shape index (κ3) is 71.8. The van der Waals surface area contributed by atoms with Crippen LogP contribution in [0.5, 0.6) is 0 Å². The van der Waals surface area contributed by atoms with Crippen molar-refractivity contribution in [2.75, 3.05) is 0 Å². The molecule has 0 amide bonds. The van der Waals surface area contributed by atoms with E-state index < -0.39 is 7.32 Å². The van der Waals surface area contributed by atoms with Gasteiger partial charge in [0, 0.05) is 0 Å². The molecule has 0 aromatic carbocycles. The summed E-state index contributed by atoms with van der Waals surface area (Å²) in [6, 6.07) is 0. The number of rotatable bonds is 0. The van der Waals surface area contributed by atoms with Crippen LogP contribution < -0.4 is 15.1 Å². The predicted octanol–water partition coefficient (Wildman–Crippen LogP) is -3.95. The fourth-order valence-corrected chi connectivity index (χ4v) is 0. The molecular formula is BMnO3Zn+. The summed E-state index contributed by atoms with van der Waals surface area (Å²) >= 11 is 0. The van der Waals surface area contributed by atoms with Crippen LogP contribution in [-0.4, -0.2) is 7.32 Å². The van der Waals surface area contributed by atoms with Gasteiger partial charge in [-0.1, -0.05) is 0 Å². The summed E-state index contributed by atoms with van der Waals surface area (Å²) in [6.07, 6.45) is 0. The van der Waals surface area contributed by atoms with Gasteiger partial charge in [-0.05, 0) is 0 Å². The molecule has 0 unspecified atom stereocenters. The summed E-state index contributed by atoms with van der Waals surface area (Å²) < 4.78 is 0. The molecule has 0 aliphatic rings. The van der Waals surface area contributed by atoms with E-state index in [0.717, 1.165) is 0 Å². The molecule has 0 saturated heterocycles. The van der Waals surface area contributed by atoms with Gasteiger partial charge in [0.05, 0.1) is 0 Å². The second-order valence-corrected chi connectivity index (χ2v) is 0.289. The first-order valence-electron chi connectivity index (χ1n) is 0.707. The van der Waals surface area contributed by atoms with Crippen molar-refractivity contribution in [3.05, 3.63) is 0 Å². The average Bonchev–Trinajstić information content (AvgIpc) is 0.811. The van der Waals surface area contributed by atoms with E-state index in [1.54, 1.807) is 0 Å². The minimum absolute atomic E-state index is 0. The van der Waals surface area contributed by atoms with E-state index in [0.29, 0.717) is 0 Å². The van der Waals surface area contributed by atoms with Crippen molar-refractivity contribution in [3.63, 3.8) is 0 Å². The third-order valence-corrected chi connectivity index (χ3v) is 0. The Balaban J connectivity index is -0.0000000450. The van der Waals surface area contributed by atoms with E-state index in [4.69, 9.17) is 15.1 Å². The van der Waals surface area contributed by atoms with Crippen molar-refractivity contribution in [2.45, 2.75) is 0 Å². The van der Waals surface area contributed by atoms with Crippen LogP contribution in [0.2, 0.25) is 0 Å². The van der Waals surface area contributed by atoms with Crippen LogP contribution in [0.3, 0.4) is 0 Å². The molecule has 0 atom stereocenters. The average molecular weight is 179 g/mol. The Labute approximate surface area is 59.2 Å². The Morgan fingerprint density at radius 2 is 1.00 bits per heavy atom. The number of hydrogen-bond donors (Lipinski definition) is 0. The molecule has 1 radical (unpaired) electrons. The van der Waals surface area contributed by atoms with E-state index in [1.807, 2.05) is 0 Å². The van der Waals surface area contributed by atoms with Gasteiger partial charge < -0.3 is 15.1 Å². The molecule has 0 aliphatic heterocycles. The van der Waals surface area contributed by atoms with Crippen LogP contribution in [0.4, 0.5) is 0 Å². The molecule has 0 aromatic heterocycles. The fraction of sp³-hybridized carbons (Fsp3) is 0. The van der Waals surface area contributed by atoms with Gasteiger partial charge >= 0.3 is 36.5 Å². The Bertz CT molecular complexity index is 15.5. The Hall–Kier alpha value is 1.09. The maximum Gasteiger partial charge on any atom is 2.00 e. The van der Waals surface area contributed by atoms with Crippen molar-refractivity contribution in [1.29, 1.82) is 0 Å². The second-order valence-electron chi connectivity index (χ2n) is 0.289. The van der Waals surface area contributed by atoms with Crippen LogP contribution in [0.25, 0.3) is 0 Å². The minimum atomic E-state index is -2.92. The SMILES string of the molecule is [Mn+2].[O-]B([O-])[O-].[Zn+2]. The first-order valence-corrected chi connectivity index (χ1v) is 0.707. The molecule has 0 N–H and O–H groups in total. The van der Waals surface area contributed by atoms with Crippen LogP contribution >= 0.6 is 0 Å². The number of hydrogen-bond acceptors (Lipinski definition) is 3. The molecule has 6 heavy (non-hydrogen) atoms. The van der Waals surface area contributed by atoms with Crippen molar-refractivity contribution < 1.29 is 51.6 Å². The molecule has 6 heteroatoms. The molecular weight excluding hydrogens is 179 g/mol. The smallest absolute Gasteiger partial charge is 0.907 e. The first kappa shape index (κ1) is 15.7. The van der Waals surface area contributed by atoms with Crippen molar-refractivity contribution in [2.24, 2.45) is 0 Å². The molecule has 0 aliphatic carbocycles. The van der Waals surface area contributed by atoms with E-state index >= 15 is 0 Å². The standard InChI is InChI=1S/BO3.Mn.Zn/c2-1(3)4;;/q-3;2*+2. The Kier molecular flexibility index (Phi) is 24.7. The maximum absolute atomic E-state index is 8.42. The Morgan fingerprint density at radius 1 is 1.00 bits per heavy atom. The molecule has 0 heterocycles. The third-order valence-electron chi connectivity index (χ3n) is 0. The maximum atomic E-state index is 8.42. The molecule has 3 nitrogen and oxygen atoms in total. The van der Waals surface area contributed by atoms with Gasteiger partial charge in [-0.15, -0.1) is 0 Å². The predicted molar refractivity (Wildman–Crippen MR) is 5.75 cm³/mol. The molecule has 0 spiro atoms. The van der Waals surface area contributed by atoms with Crippen LogP contribution in [0.15, 0.2) is 0 Å². The van der Waals surface area contributed by atoms with Crippen molar-refractivity contribution in [3.8, 4) is 0 Å². The monoisotopic (exact) mass is 178 g/mol. The summed E-state index contributed by atoms with van der Waals surface area (Å²) in [5.74, 6) is 0. The molecule has 0 fully saturated rings. The quantitative estimate of drug-likeness (QED) is 0.356. The summed E-state index contributed by atoms with van der Waals surface area (Å²) in [5, 5.41) is 25.2. The van der Waals surface area contributed by atoms with E-state index in [-0.39, 0.29) is 36.5 Å². The van der Waals surface area contributed by atoms with E-state index in [1.165, 1.54) is 0 Å². The summed E-state index contributed by atoms with van der Waals surface area (Å²) in [7, 11) is -2.92. The van der Waals surface area contributed by atoms with Gasteiger partial charge in [-0.2, -0.15) is 0 Å². The van der Waals surface area contributed by atoms with Gasteiger partial charge in [-0.3, -0.25) is 7.32 Å². The zero-order valence-corrected chi connectivity index (χ0v) is 7.03. The molecule has 0 saturated carbocycles. The summed E-state index contributed by atoms with van der Waals surface area (Å²) in [4.78, 5) is 0. The zero-order chi connectivity index (χ0) is 3.58. The minimum Gasteiger partial charge on any atom is -0.907 e. The molecule has 0 rings (SSSR count). The topological polar surface area (TPSA) is 69.2 Å². The van der Waals surface area contributed by atoms with Gasteiger partial charge in [0.1, 0.15) is 0 Å². The van der Waals surface area contributed by atoms with Gasteiger partial charge in [0.2, 0.25) is 0 Å². The van der Waals surface area contributed by atoms with Crippen molar-refractivity contribution >= 4 is 7.32 Å². The van der Waals surface area contributed by atoms with Gasteiger partial charge in [-0.25, -0.2) is 0 Å². The van der Waals surface area contributed by atoms with Crippen LogP contribution in [-0.2, 0) is 36.5 Å². The zero-order valence-electron chi connectivity index (χ0n) is 2.89. The summed E-state index contributed by atoms with van der Waals surface area (Å²) in [6.45, 7) is 0. The molecule has 29 valence electrons. The molecule has 0 bridgehead atoms. The largest absolute Gasteiger partial charge is 2.00 e. The molecule has 0 aromatic rings. The van der Waals surface area contributed by atoms with Crippen LogP contribution in [0, 0.1) is 0 Å². The van der Waals surface area contributed by atoms with Crippen molar-refractivity contribution in [1.82, 2.24) is 0 Å². The van der Waals surface area contributed by atoms with E-state index in [9.17, 15) is 0 Å². The normalized spacial score (nSPS) is 4.50. The van der Waals surface area contributed by atoms with Crippen LogP contribution in [0.1, 0.15) is 0 Å². The second kappa shape index (κ2) is 9.43. The van der Waals surface area contributed by atoms with E-state index in [2.05, 4.69) is 0 Å².